The van der Waals surface area contributed by atoms with E-state index in [4.69, 9.17) is 0 Å². The zero-order chi connectivity index (χ0) is 18.5. The number of aromatic amines is 1. The summed E-state index contributed by atoms with van der Waals surface area (Å²) < 4.78 is 14.3. The number of aromatic nitrogens is 2. The molecule has 0 atom stereocenters. The lowest BCUT2D eigenvalue weighted by molar-refractivity contribution is -0.117. The highest BCUT2D eigenvalue weighted by molar-refractivity contribution is 7.17. The molecule has 0 aliphatic heterocycles. The number of nitrogens with zero attached hydrogens (tertiary/aromatic N) is 2. The Kier molecular flexibility index (Phi) is 5.75. The standard InChI is InChI=1S/C18H19FN4O2S/c1-2-8-23(11-16(24)21-13-6-4-3-5-12(13)19)10-15-20-14-7-9-26-17(14)18(25)22-15/h3-7,9H,2,8,10-11H2,1H3,(H,21,24)(H,20,22,25). The van der Waals surface area contributed by atoms with E-state index < -0.39 is 5.82 Å². The molecule has 0 unspecified atom stereocenters. The SMILES string of the molecule is CCCN(CC(=O)Nc1ccccc1F)Cc1nc2ccsc2c(=O)[nH]1. The monoisotopic (exact) mass is 374 g/mol. The first-order chi connectivity index (χ1) is 12.6. The van der Waals surface area contributed by atoms with Crippen molar-refractivity contribution in [1.29, 1.82) is 0 Å². The number of fused-ring (bicyclic) bond motifs is 1. The summed E-state index contributed by atoms with van der Waals surface area (Å²) in [5.74, 6) is -0.285. The molecule has 2 aromatic heterocycles. The van der Waals surface area contributed by atoms with Crippen molar-refractivity contribution in [3.63, 3.8) is 0 Å². The van der Waals surface area contributed by atoms with Crippen molar-refractivity contribution in [2.75, 3.05) is 18.4 Å². The van der Waals surface area contributed by atoms with E-state index in [0.29, 0.717) is 29.1 Å². The number of nitrogens with one attached hydrogen (secondary N) is 2. The van der Waals surface area contributed by atoms with Crippen LogP contribution in [-0.2, 0) is 11.3 Å². The minimum absolute atomic E-state index is 0.0769. The highest BCUT2D eigenvalue weighted by atomic mass is 32.1. The molecule has 6 nitrogen and oxygen atoms in total. The molecule has 0 spiro atoms. The van der Waals surface area contributed by atoms with E-state index in [1.807, 2.05) is 17.2 Å². The Balaban J connectivity index is 1.71. The van der Waals surface area contributed by atoms with Crippen molar-refractivity contribution in [1.82, 2.24) is 14.9 Å². The summed E-state index contributed by atoms with van der Waals surface area (Å²) in [5, 5.41) is 4.40. The third-order valence-electron chi connectivity index (χ3n) is 3.79. The highest BCUT2D eigenvalue weighted by Gasteiger charge is 2.14. The summed E-state index contributed by atoms with van der Waals surface area (Å²) in [4.78, 5) is 33.4. The maximum absolute atomic E-state index is 13.7. The van der Waals surface area contributed by atoms with Gasteiger partial charge in [-0.2, -0.15) is 0 Å². The second-order valence-corrected chi connectivity index (χ2v) is 6.80. The van der Waals surface area contributed by atoms with Crippen LogP contribution in [0.25, 0.3) is 10.2 Å². The Bertz CT molecular complexity index is 969. The molecule has 3 aromatic rings. The van der Waals surface area contributed by atoms with E-state index >= 15 is 0 Å². The molecule has 2 heterocycles. The number of thiophene rings is 1. The van der Waals surface area contributed by atoms with Crippen molar-refractivity contribution in [2.24, 2.45) is 0 Å². The van der Waals surface area contributed by atoms with Crippen LogP contribution >= 0.6 is 11.3 Å². The van der Waals surface area contributed by atoms with Gasteiger partial charge in [0.15, 0.2) is 0 Å². The molecule has 3 rings (SSSR count). The van der Waals surface area contributed by atoms with Crippen LogP contribution in [0, 0.1) is 5.82 Å². The number of carbonyl (C=O) groups is 1. The van der Waals surface area contributed by atoms with Gasteiger partial charge in [-0.15, -0.1) is 11.3 Å². The molecule has 1 aromatic carbocycles. The molecule has 0 aliphatic carbocycles. The second-order valence-electron chi connectivity index (χ2n) is 5.89. The van der Waals surface area contributed by atoms with E-state index in [0.717, 1.165) is 6.42 Å². The fraction of sp³-hybridized carbons (Fsp3) is 0.278. The number of halogens is 1. The zero-order valence-corrected chi connectivity index (χ0v) is 15.1. The van der Waals surface area contributed by atoms with Gasteiger partial charge in [0.25, 0.3) is 5.56 Å². The average Bonchev–Trinajstić information content (AvgIpc) is 3.06. The van der Waals surface area contributed by atoms with Crippen LogP contribution < -0.4 is 10.9 Å². The minimum atomic E-state index is -0.475. The van der Waals surface area contributed by atoms with Gasteiger partial charge in [-0.3, -0.25) is 14.5 Å². The molecule has 136 valence electrons. The van der Waals surface area contributed by atoms with E-state index in [9.17, 15) is 14.0 Å². The van der Waals surface area contributed by atoms with Crippen molar-refractivity contribution in [3.8, 4) is 0 Å². The Morgan fingerprint density at radius 3 is 2.92 bits per heavy atom. The molecular weight excluding hydrogens is 355 g/mol. The van der Waals surface area contributed by atoms with Gasteiger partial charge >= 0.3 is 0 Å². The van der Waals surface area contributed by atoms with Crippen LogP contribution in [0.2, 0.25) is 0 Å². The smallest absolute Gasteiger partial charge is 0.268 e. The first kappa shape index (κ1) is 18.2. The molecule has 0 saturated carbocycles. The Hall–Kier alpha value is -2.58. The molecule has 1 amide bonds. The third-order valence-corrected chi connectivity index (χ3v) is 4.69. The van der Waals surface area contributed by atoms with Crippen LogP contribution in [0.15, 0.2) is 40.5 Å². The van der Waals surface area contributed by atoms with Crippen LogP contribution in [0.4, 0.5) is 10.1 Å². The number of para-hydroxylation sites is 1. The number of benzene rings is 1. The Morgan fingerprint density at radius 1 is 1.35 bits per heavy atom. The van der Waals surface area contributed by atoms with Gasteiger partial charge in [0.05, 0.1) is 24.3 Å². The van der Waals surface area contributed by atoms with Crippen LogP contribution in [-0.4, -0.2) is 33.9 Å². The predicted octanol–water partition coefficient (Wildman–Crippen LogP) is 2.97. The molecule has 0 radical (unpaired) electrons. The molecular formula is C18H19FN4O2S. The molecule has 0 aliphatic rings. The van der Waals surface area contributed by atoms with E-state index in [2.05, 4.69) is 15.3 Å². The van der Waals surface area contributed by atoms with Crippen LogP contribution in [0.3, 0.4) is 0 Å². The van der Waals surface area contributed by atoms with Gasteiger partial charge in [-0.25, -0.2) is 9.37 Å². The largest absolute Gasteiger partial charge is 0.322 e. The van der Waals surface area contributed by atoms with Crippen molar-refractivity contribution in [2.45, 2.75) is 19.9 Å². The fourth-order valence-corrected chi connectivity index (χ4v) is 3.42. The number of rotatable bonds is 7. The molecule has 0 saturated heterocycles. The first-order valence-electron chi connectivity index (χ1n) is 8.30. The molecule has 0 fully saturated rings. The van der Waals surface area contributed by atoms with Gasteiger partial charge in [-0.05, 0) is 36.5 Å². The van der Waals surface area contributed by atoms with Crippen LogP contribution in [0.5, 0.6) is 0 Å². The third kappa shape index (κ3) is 4.33. The van der Waals surface area contributed by atoms with Gasteiger partial charge in [0.2, 0.25) is 5.91 Å². The summed E-state index contributed by atoms with van der Waals surface area (Å²) in [6.45, 7) is 3.06. The lowest BCUT2D eigenvalue weighted by Crippen LogP contribution is -2.34. The molecule has 26 heavy (non-hydrogen) atoms. The number of anilines is 1. The lowest BCUT2D eigenvalue weighted by atomic mass is 10.3. The average molecular weight is 374 g/mol. The summed E-state index contributed by atoms with van der Waals surface area (Å²) in [7, 11) is 0. The normalized spacial score (nSPS) is 11.2. The Morgan fingerprint density at radius 2 is 2.15 bits per heavy atom. The summed E-state index contributed by atoms with van der Waals surface area (Å²) in [6.07, 6.45) is 0.831. The van der Waals surface area contributed by atoms with Crippen molar-refractivity contribution >= 4 is 33.1 Å². The van der Waals surface area contributed by atoms with Crippen LogP contribution in [0.1, 0.15) is 19.2 Å². The van der Waals surface area contributed by atoms with Crippen molar-refractivity contribution in [3.05, 3.63) is 57.7 Å². The zero-order valence-electron chi connectivity index (χ0n) is 14.3. The minimum Gasteiger partial charge on any atom is -0.322 e. The summed E-state index contributed by atoms with van der Waals surface area (Å²) in [6, 6.07) is 7.84. The number of hydrogen-bond acceptors (Lipinski definition) is 5. The maximum atomic E-state index is 13.7. The topological polar surface area (TPSA) is 78.1 Å². The van der Waals surface area contributed by atoms with E-state index in [1.165, 1.54) is 23.5 Å². The van der Waals surface area contributed by atoms with Gasteiger partial charge in [-0.1, -0.05) is 19.1 Å². The fourth-order valence-electron chi connectivity index (χ4n) is 2.69. The summed E-state index contributed by atoms with van der Waals surface area (Å²) >= 11 is 1.35. The lowest BCUT2D eigenvalue weighted by Gasteiger charge is -2.20. The molecule has 0 bridgehead atoms. The number of carbonyl (C=O) groups excluding carboxylic acids is 1. The first-order valence-corrected chi connectivity index (χ1v) is 9.18. The van der Waals surface area contributed by atoms with E-state index in [1.54, 1.807) is 18.2 Å². The summed E-state index contributed by atoms with van der Waals surface area (Å²) in [5.41, 5.74) is 0.633. The number of hydrogen-bond donors (Lipinski definition) is 2. The van der Waals surface area contributed by atoms with Crippen molar-refractivity contribution < 1.29 is 9.18 Å². The Labute approximate surface area is 153 Å². The molecule has 2 N–H and O–H groups in total. The predicted molar refractivity (Wildman–Crippen MR) is 101 cm³/mol. The number of H-pyrrole nitrogens is 1. The van der Waals surface area contributed by atoms with Gasteiger partial charge in [0, 0.05) is 0 Å². The van der Waals surface area contributed by atoms with E-state index in [-0.39, 0.29) is 23.7 Å². The quantitative estimate of drug-likeness (QED) is 0.666. The number of amides is 1. The molecule has 8 heteroatoms. The highest BCUT2D eigenvalue weighted by Crippen LogP contribution is 2.15. The van der Waals surface area contributed by atoms with Gasteiger partial charge < -0.3 is 10.3 Å². The second kappa shape index (κ2) is 8.20. The van der Waals surface area contributed by atoms with Gasteiger partial charge in [0.1, 0.15) is 16.3 Å². The maximum Gasteiger partial charge on any atom is 0.268 e.